The molecule has 10 heteroatoms. The summed E-state index contributed by atoms with van der Waals surface area (Å²) in [5, 5.41) is 13.4. The predicted molar refractivity (Wildman–Crippen MR) is 168 cm³/mol. The van der Waals surface area contributed by atoms with Crippen LogP contribution in [0.5, 0.6) is 0 Å². The van der Waals surface area contributed by atoms with Gasteiger partial charge in [0, 0.05) is 26.1 Å². The number of aromatic nitrogens is 1. The molecular formula is C33H43FN4O4S. The Morgan fingerprint density at radius 2 is 1.91 bits per heavy atom. The van der Waals surface area contributed by atoms with Crippen LogP contribution in [0.1, 0.15) is 62.1 Å². The number of likely N-dealkylation sites (tertiary alicyclic amines) is 1. The number of thiazole rings is 1. The van der Waals surface area contributed by atoms with E-state index in [1.807, 2.05) is 59.2 Å². The summed E-state index contributed by atoms with van der Waals surface area (Å²) in [7, 11) is 0. The van der Waals surface area contributed by atoms with E-state index in [1.165, 1.54) is 15.9 Å². The van der Waals surface area contributed by atoms with E-state index in [1.54, 1.807) is 30.4 Å². The maximum atomic E-state index is 14.1. The normalized spacial score (nSPS) is 16.8. The van der Waals surface area contributed by atoms with Crippen LogP contribution in [-0.2, 0) is 27.5 Å². The van der Waals surface area contributed by atoms with Gasteiger partial charge < -0.3 is 20.2 Å². The van der Waals surface area contributed by atoms with Gasteiger partial charge in [-0.1, -0.05) is 58.0 Å². The summed E-state index contributed by atoms with van der Waals surface area (Å²) in [5.41, 5.74) is 6.83. The number of hydrogen-bond acceptors (Lipinski definition) is 6. The van der Waals surface area contributed by atoms with E-state index in [9.17, 15) is 23.9 Å². The molecule has 1 saturated heterocycles. The van der Waals surface area contributed by atoms with Gasteiger partial charge in [-0.3, -0.25) is 14.4 Å². The Morgan fingerprint density at radius 3 is 2.51 bits per heavy atom. The molecule has 0 radical (unpaired) electrons. The fourth-order valence-electron chi connectivity index (χ4n) is 5.42. The fourth-order valence-corrected chi connectivity index (χ4v) is 6.22. The molecule has 1 fully saturated rings. The minimum absolute atomic E-state index is 0.00620. The van der Waals surface area contributed by atoms with Crippen LogP contribution in [0.2, 0.25) is 0 Å². The first-order valence-corrected chi connectivity index (χ1v) is 15.6. The van der Waals surface area contributed by atoms with Crippen molar-refractivity contribution < 1.29 is 23.9 Å². The molecule has 1 aliphatic heterocycles. The SMILES string of the molecule is CC.Cc1cc(-c2scnc2C)ccc1CNC(=O)C1CC(O)CN1C(=O)C(C(C)C)N(C=O)Cc1cccc(F)c1C. The largest absolute Gasteiger partial charge is 0.391 e. The van der Waals surface area contributed by atoms with Gasteiger partial charge in [-0.25, -0.2) is 9.37 Å². The highest BCUT2D eigenvalue weighted by atomic mass is 32.1. The molecule has 3 unspecified atom stereocenters. The summed E-state index contributed by atoms with van der Waals surface area (Å²) < 4.78 is 14.1. The van der Waals surface area contributed by atoms with Crippen LogP contribution < -0.4 is 5.32 Å². The number of carbonyl (C=O) groups excluding carboxylic acids is 3. The van der Waals surface area contributed by atoms with Gasteiger partial charge in [-0.15, -0.1) is 11.3 Å². The summed E-state index contributed by atoms with van der Waals surface area (Å²) in [4.78, 5) is 47.5. The number of aryl methyl sites for hydroxylation is 2. The first-order chi connectivity index (χ1) is 20.5. The second-order valence-electron chi connectivity index (χ2n) is 11.0. The molecule has 3 amide bonds. The second-order valence-corrected chi connectivity index (χ2v) is 11.9. The molecule has 1 aliphatic rings. The quantitative estimate of drug-likeness (QED) is 0.309. The first kappa shape index (κ1) is 33.9. The van der Waals surface area contributed by atoms with Crippen LogP contribution in [0, 0.1) is 32.5 Å². The van der Waals surface area contributed by atoms with Crippen LogP contribution in [0.25, 0.3) is 10.4 Å². The smallest absolute Gasteiger partial charge is 0.246 e. The van der Waals surface area contributed by atoms with Gasteiger partial charge in [0.2, 0.25) is 18.2 Å². The van der Waals surface area contributed by atoms with Gasteiger partial charge in [0.1, 0.15) is 17.9 Å². The third-order valence-electron chi connectivity index (χ3n) is 7.78. The number of benzene rings is 2. The van der Waals surface area contributed by atoms with Crippen molar-refractivity contribution in [2.45, 2.75) is 86.2 Å². The van der Waals surface area contributed by atoms with E-state index in [4.69, 9.17) is 0 Å². The Morgan fingerprint density at radius 1 is 1.19 bits per heavy atom. The third kappa shape index (κ3) is 7.86. The maximum absolute atomic E-state index is 14.1. The lowest BCUT2D eigenvalue weighted by molar-refractivity contribution is -0.147. The number of aliphatic hydroxyl groups is 1. The number of β-amino-alcohol motifs (C(OH)–C–C–N with tert-alkyl or cyclic N) is 1. The van der Waals surface area contributed by atoms with Crippen molar-refractivity contribution in [2.75, 3.05) is 6.54 Å². The number of halogens is 1. The Bertz CT molecular complexity index is 1430. The highest BCUT2D eigenvalue weighted by Crippen LogP contribution is 2.29. The van der Waals surface area contributed by atoms with Crippen molar-refractivity contribution in [3.8, 4) is 10.4 Å². The van der Waals surface area contributed by atoms with Crippen LogP contribution in [0.4, 0.5) is 4.39 Å². The van der Waals surface area contributed by atoms with Crippen LogP contribution >= 0.6 is 11.3 Å². The zero-order valence-corrected chi connectivity index (χ0v) is 26.9. The highest BCUT2D eigenvalue weighted by molar-refractivity contribution is 7.13. The lowest BCUT2D eigenvalue weighted by Gasteiger charge is -2.35. The number of rotatable bonds is 10. The molecular weight excluding hydrogens is 567 g/mol. The Balaban J connectivity index is 0.00000248. The van der Waals surface area contributed by atoms with E-state index in [2.05, 4.69) is 16.4 Å². The minimum atomic E-state index is -0.888. The van der Waals surface area contributed by atoms with Gasteiger partial charge in [0.05, 0.1) is 22.2 Å². The van der Waals surface area contributed by atoms with Gasteiger partial charge >= 0.3 is 0 Å². The molecule has 2 heterocycles. The molecule has 43 heavy (non-hydrogen) atoms. The molecule has 2 aromatic carbocycles. The Kier molecular flexibility index (Phi) is 12.0. The Labute approximate surface area is 257 Å². The summed E-state index contributed by atoms with van der Waals surface area (Å²) in [5.74, 6) is -1.45. The van der Waals surface area contributed by atoms with Crippen molar-refractivity contribution in [2.24, 2.45) is 5.92 Å². The summed E-state index contributed by atoms with van der Waals surface area (Å²) in [6.45, 7) is 13.5. The molecule has 8 nitrogen and oxygen atoms in total. The van der Waals surface area contributed by atoms with Gasteiger partial charge in [0.15, 0.2) is 0 Å². The maximum Gasteiger partial charge on any atom is 0.246 e. The van der Waals surface area contributed by atoms with E-state index in [-0.39, 0.29) is 43.7 Å². The monoisotopic (exact) mass is 610 g/mol. The zero-order valence-electron chi connectivity index (χ0n) is 26.1. The summed E-state index contributed by atoms with van der Waals surface area (Å²) in [6, 6.07) is 8.93. The van der Waals surface area contributed by atoms with Crippen molar-refractivity contribution in [1.82, 2.24) is 20.1 Å². The molecule has 1 aromatic heterocycles. The Hall–Kier alpha value is -3.63. The lowest BCUT2D eigenvalue weighted by atomic mass is 9.99. The van der Waals surface area contributed by atoms with Gasteiger partial charge in [-0.2, -0.15) is 0 Å². The fraction of sp³-hybridized carbons (Fsp3) is 0.455. The molecule has 0 aliphatic carbocycles. The van der Waals surface area contributed by atoms with Crippen molar-refractivity contribution in [3.63, 3.8) is 0 Å². The topological polar surface area (TPSA) is 103 Å². The zero-order chi connectivity index (χ0) is 31.8. The highest BCUT2D eigenvalue weighted by Gasteiger charge is 2.43. The summed E-state index contributed by atoms with van der Waals surface area (Å²) in [6.07, 6.45) is -0.162. The van der Waals surface area contributed by atoms with Crippen molar-refractivity contribution in [1.29, 1.82) is 0 Å². The van der Waals surface area contributed by atoms with E-state index < -0.39 is 24.1 Å². The van der Waals surface area contributed by atoms with Crippen molar-refractivity contribution in [3.05, 3.63) is 75.7 Å². The molecule has 3 atom stereocenters. The number of carbonyl (C=O) groups is 3. The average molecular weight is 611 g/mol. The standard InChI is InChI=1S/C31H37FN4O4S.C2H6/c1-18(2)28(35(17-37)14-24-7-6-8-26(32)20(24)4)31(40)36-15-25(38)12-27(36)30(39)33-13-23-10-9-22(11-19(23)3)29-21(5)34-16-41-29;1-2/h6-11,16-18,25,27-28,38H,12-15H2,1-5H3,(H,33,39);1-2H3. The first-order valence-electron chi connectivity index (χ1n) is 14.7. The van der Waals surface area contributed by atoms with Crippen LogP contribution in [-0.4, -0.2) is 62.8 Å². The third-order valence-corrected chi connectivity index (χ3v) is 8.76. The lowest BCUT2D eigenvalue weighted by Crippen LogP contribution is -2.55. The van der Waals surface area contributed by atoms with Crippen molar-refractivity contribution >= 4 is 29.6 Å². The minimum Gasteiger partial charge on any atom is -0.391 e. The van der Waals surface area contributed by atoms with Crippen LogP contribution in [0.15, 0.2) is 41.9 Å². The molecule has 232 valence electrons. The average Bonchev–Trinajstić information content (AvgIpc) is 3.60. The van der Waals surface area contributed by atoms with Gasteiger partial charge in [-0.05, 0) is 60.6 Å². The molecule has 2 N–H and O–H groups in total. The number of aliphatic hydroxyl groups excluding tert-OH is 1. The number of amides is 3. The van der Waals surface area contributed by atoms with Gasteiger partial charge in [0.25, 0.3) is 0 Å². The number of nitrogens with one attached hydrogen (secondary N) is 1. The molecule has 0 saturated carbocycles. The molecule has 0 bridgehead atoms. The number of nitrogens with zero attached hydrogens (tertiary/aromatic N) is 3. The molecule has 0 spiro atoms. The van der Waals surface area contributed by atoms with E-state index >= 15 is 0 Å². The molecule has 4 rings (SSSR count). The van der Waals surface area contributed by atoms with Crippen LogP contribution in [0.3, 0.4) is 0 Å². The second kappa shape index (κ2) is 15.2. The van der Waals surface area contributed by atoms with E-state index in [0.717, 1.165) is 27.3 Å². The van der Waals surface area contributed by atoms with E-state index in [0.29, 0.717) is 17.5 Å². The predicted octanol–water partition coefficient (Wildman–Crippen LogP) is 5.16. The number of hydrogen-bond donors (Lipinski definition) is 2. The molecule has 3 aromatic rings. The summed E-state index contributed by atoms with van der Waals surface area (Å²) >= 11 is 1.58.